The van der Waals surface area contributed by atoms with Crippen molar-refractivity contribution in [2.45, 2.75) is 45.1 Å². The summed E-state index contributed by atoms with van der Waals surface area (Å²) in [5.74, 6) is 0.830. The molecule has 1 saturated heterocycles. The van der Waals surface area contributed by atoms with Crippen LogP contribution in [0.25, 0.3) is 11.1 Å². The van der Waals surface area contributed by atoms with Gasteiger partial charge >= 0.3 is 0 Å². The molecule has 2 heterocycles. The van der Waals surface area contributed by atoms with Gasteiger partial charge in [0.25, 0.3) is 0 Å². The zero-order valence-corrected chi connectivity index (χ0v) is 16.2. The first-order valence-electron chi connectivity index (χ1n) is 8.99. The summed E-state index contributed by atoms with van der Waals surface area (Å²) < 4.78 is 11.1. The Kier molecular flexibility index (Phi) is 4.99. The molecule has 0 aliphatic carbocycles. The van der Waals surface area contributed by atoms with E-state index in [1.165, 1.54) is 7.11 Å². The van der Waals surface area contributed by atoms with Gasteiger partial charge in [0, 0.05) is 23.8 Å². The molecule has 1 fully saturated rings. The second kappa shape index (κ2) is 7.09. The average Bonchev–Trinajstić information content (AvgIpc) is 2.62. The first kappa shape index (κ1) is 19.0. The minimum absolute atomic E-state index is 0.0471. The van der Waals surface area contributed by atoms with Crippen LogP contribution >= 0.6 is 0 Å². The van der Waals surface area contributed by atoms with Gasteiger partial charge in [-0.2, -0.15) is 5.26 Å². The van der Waals surface area contributed by atoms with Crippen molar-refractivity contribution in [1.29, 1.82) is 5.26 Å². The largest absolute Gasteiger partial charge is 0.504 e. The zero-order chi connectivity index (χ0) is 19.8. The molecule has 3 N–H and O–H groups in total. The van der Waals surface area contributed by atoms with E-state index in [9.17, 15) is 10.4 Å². The molecule has 3 rings (SSSR count). The number of rotatable bonds is 3. The molecular weight excluding hydrogens is 342 g/mol. The maximum absolute atomic E-state index is 9.91. The quantitative estimate of drug-likeness (QED) is 0.853. The molecule has 1 aromatic carbocycles. The molecule has 0 spiro atoms. The second-order valence-corrected chi connectivity index (χ2v) is 7.55. The van der Waals surface area contributed by atoms with E-state index in [1.807, 2.05) is 6.92 Å². The number of pyridine rings is 1. The second-order valence-electron chi connectivity index (χ2n) is 7.55. The summed E-state index contributed by atoms with van der Waals surface area (Å²) in [7, 11) is 1.49. The first-order chi connectivity index (χ1) is 12.8. The van der Waals surface area contributed by atoms with Gasteiger partial charge < -0.3 is 20.3 Å². The standard InChI is InChI=1S/C21H25N3O3/c1-12-18(13-5-6-16(25)17(9-13)26-4)15(11-22)20(23)24-19(12)14-7-8-27-21(2,3)10-14/h5-6,9,14,25H,7-8,10H2,1-4H3,(H2,23,24)/t14-/m0/s1. The van der Waals surface area contributed by atoms with E-state index in [-0.39, 0.29) is 23.1 Å². The van der Waals surface area contributed by atoms with Crippen LogP contribution in [-0.2, 0) is 4.74 Å². The lowest BCUT2D eigenvalue weighted by atomic mass is 9.82. The Hall–Kier alpha value is -2.78. The summed E-state index contributed by atoms with van der Waals surface area (Å²) in [6.07, 6.45) is 1.70. The van der Waals surface area contributed by atoms with E-state index < -0.39 is 0 Å². The number of nitrogens with two attached hydrogens (primary N) is 1. The lowest BCUT2D eigenvalue weighted by molar-refractivity contribution is -0.0598. The van der Waals surface area contributed by atoms with Gasteiger partial charge in [-0.15, -0.1) is 0 Å². The van der Waals surface area contributed by atoms with Gasteiger partial charge in [0.15, 0.2) is 11.5 Å². The van der Waals surface area contributed by atoms with Crippen LogP contribution in [0.3, 0.4) is 0 Å². The number of nitriles is 1. The van der Waals surface area contributed by atoms with E-state index in [1.54, 1.807) is 18.2 Å². The zero-order valence-electron chi connectivity index (χ0n) is 16.2. The van der Waals surface area contributed by atoms with Crippen molar-refractivity contribution in [2.75, 3.05) is 19.5 Å². The molecule has 1 atom stereocenters. The van der Waals surface area contributed by atoms with Gasteiger partial charge in [-0.05, 0) is 56.9 Å². The van der Waals surface area contributed by atoms with Crippen molar-refractivity contribution >= 4 is 5.82 Å². The lowest BCUT2D eigenvalue weighted by Gasteiger charge is -2.36. The maximum atomic E-state index is 9.91. The molecule has 1 aromatic heterocycles. The van der Waals surface area contributed by atoms with Gasteiger partial charge in [0.05, 0.1) is 12.7 Å². The van der Waals surface area contributed by atoms with Gasteiger partial charge in [-0.25, -0.2) is 4.98 Å². The van der Waals surface area contributed by atoms with Gasteiger partial charge in [0.2, 0.25) is 0 Å². The van der Waals surface area contributed by atoms with Gasteiger partial charge in [0.1, 0.15) is 17.5 Å². The van der Waals surface area contributed by atoms with Crippen LogP contribution in [0.5, 0.6) is 11.5 Å². The molecule has 0 radical (unpaired) electrons. The Morgan fingerprint density at radius 3 is 2.78 bits per heavy atom. The number of aromatic hydroxyl groups is 1. The highest BCUT2D eigenvalue weighted by molar-refractivity contribution is 5.80. The van der Waals surface area contributed by atoms with Crippen molar-refractivity contribution in [1.82, 2.24) is 4.98 Å². The molecule has 27 heavy (non-hydrogen) atoms. The Balaban J connectivity index is 2.19. The first-order valence-corrected chi connectivity index (χ1v) is 8.99. The van der Waals surface area contributed by atoms with Crippen molar-refractivity contribution in [3.8, 4) is 28.7 Å². The third-order valence-electron chi connectivity index (χ3n) is 5.17. The molecule has 142 valence electrons. The Morgan fingerprint density at radius 1 is 1.41 bits per heavy atom. The van der Waals surface area contributed by atoms with Crippen LogP contribution < -0.4 is 10.5 Å². The number of methoxy groups -OCH3 is 1. The molecule has 1 aliphatic rings. The van der Waals surface area contributed by atoms with Crippen LogP contribution in [0, 0.1) is 18.3 Å². The summed E-state index contributed by atoms with van der Waals surface area (Å²) in [5, 5.41) is 19.6. The van der Waals surface area contributed by atoms with Crippen LogP contribution in [0.1, 0.15) is 49.4 Å². The molecule has 0 saturated carbocycles. The van der Waals surface area contributed by atoms with Crippen LogP contribution in [0.15, 0.2) is 18.2 Å². The molecule has 0 bridgehead atoms. The fraction of sp³-hybridized carbons (Fsp3) is 0.429. The number of nitrogen functional groups attached to an aromatic ring is 1. The molecule has 6 heteroatoms. The third-order valence-corrected chi connectivity index (χ3v) is 5.17. The Bertz CT molecular complexity index is 916. The normalized spacial score (nSPS) is 18.7. The van der Waals surface area contributed by atoms with E-state index in [4.69, 9.17) is 15.2 Å². The molecule has 0 amide bonds. The lowest BCUT2D eigenvalue weighted by Crippen LogP contribution is -2.33. The number of hydrogen-bond donors (Lipinski definition) is 2. The number of hydrogen-bond acceptors (Lipinski definition) is 6. The molecular formula is C21H25N3O3. The van der Waals surface area contributed by atoms with Crippen molar-refractivity contribution in [2.24, 2.45) is 0 Å². The molecule has 6 nitrogen and oxygen atoms in total. The summed E-state index contributed by atoms with van der Waals surface area (Å²) in [4.78, 5) is 4.60. The molecule has 1 aliphatic heterocycles. The van der Waals surface area contributed by atoms with E-state index >= 15 is 0 Å². The minimum Gasteiger partial charge on any atom is -0.504 e. The summed E-state index contributed by atoms with van der Waals surface area (Å²) in [6.45, 7) is 6.79. The topological polar surface area (TPSA) is 101 Å². The highest BCUT2D eigenvalue weighted by atomic mass is 16.5. The van der Waals surface area contributed by atoms with Crippen molar-refractivity contribution in [3.63, 3.8) is 0 Å². The fourth-order valence-electron chi connectivity index (χ4n) is 3.88. The summed E-state index contributed by atoms with van der Waals surface area (Å²) in [5.41, 5.74) is 9.63. The number of anilines is 1. The highest BCUT2D eigenvalue weighted by Gasteiger charge is 2.32. The number of phenolic OH excluding ortho intramolecular Hbond substituents is 1. The predicted octanol–water partition coefficient (Wildman–Crippen LogP) is 3.90. The number of benzene rings is 1. The predicted molar refractivity (Wildman–Crippen MR) is 104 cm³/mol. The van der Waals surface area contributed by atoms with E-state index in [2.05, 4.69) is 24.9 Å². The fourth-order valence-corrected chi connectivity index (χ4v) is 3.88. The molecule has 0 unspecified atom stereocenters. The van der Waals surface area contributed by atoms with Crippen LogP contribution in [0.4, 0.5) is 5.82 Å². The van der Waals surface area contributed by atoms with E-state index in [0.717, 1.165) is 35.2 Å². The minimum atomic E-state index is -0.221. The van der Waals surface area contributed by atoms with Crippen molar-refractivity contribution in [3.05, 3.63) is 35.0 Å². The molecule has 2 aromatic rings. The van der Waals surface area contributed by atoms with E-state index in [0.29, 0.717) is 17.9 Å². The summed E-state index contributed by atoms with van der Waals surface area (Å²) in [6, 6.07) is 7.22. The average molecular weight is 367 g/mol. The summed E-state index contributed by atoms with van der Waals surface area (Å²) >= 11 is 0. The third kappa shape index (κ3) is 3.56. The monoisotopic (exact) mass is 367 g/mol. The van der Waals surface area contributed by atoms with Crippen LogP contribution in [0.2, 0.25) is 0 Å². The highest BCUT2D eigenvalue weighted by Crippen LogP contribution is 2.42. The van der Waals surface area contributed by atoms with Crippen molar-refractivity contribution < 1.29 is 14.6 Å². The number of ether oxygens (including phenoxy) is 2. The number of nitrogens with zero attached hydrogens (tertiary/aromatic N) is 2. The SMILES string of the molecule is COc1cc(-c2c(C)c([C@H]3CCOC(C)(C)C3)nc(N)c2C#N)ccc1O. The van der Waals surface area contributed by atoms with Gasteiger partial charge in [-0.1, -0.05) is 6.07 Å². The smallest absolute Gasteiger partial charge is 0.161 e. The number of phenols is 1. The maximum Gasteiger partial charge on any atom is 0.161 e. The van der Waals surface area contributed by atoms with Crippen LogP contribution in [-0.4, -0.2) is 29.4 Å². The Morgan fingerprint density at radius 2 is 2.15 bits per heavy atom. The Labute approximate surface area is 159 Å². The van der Waals surface area contributed by atoms with Gasteiger partial charge in [-0.3, -0.25) is 0 Å². The number of aromatic nitrogens is 1.